The molecule has 4 heterocycles. The largest absolute Gasteiger partial charge is 0.488 e. The van der Waals surface area contributed by atoms with Crippen LogP contribution in [0.1, 0.15) is 41.5 Å². The number of nitrogens with zero attached hydrogens (tertiary/aromatic N) is 3. The fourth-order valence-corrected chi connectivity index (χ4v) is 8.00. The van der Waals surface area contributed by atoms with Crippen molar-refractivity contribution in [3.05, 3.63) is 76.6 Å². The van der Waals surface area contributed by atoms with Crippen molar-refractivity contribution < 1.29 is 28.5 Å². The van der Waals surface area contributed by atoms with Gasteiger partial charge in [-0.1, -0.05) is 24.3 Å². The predicted octanol–water partition coefficient (Wildman–Crippen LogP) is 5.28. The molecule has 8 nitrogen and oxygen atoms in total. The summed E-state index contributed by atoms with van der Waals surface area (Å²) >= 11 is 0. The van der Waals surface area contributed by atoms with E-state index in [1.165, 1.54) is 0 Å². The summed E-state index contributed by atoms with van der Waals surface area (Å²) in [6.45, 7) is 6.66. The lowest BCUT2D eigenvalue weighted by atomic mass is 9.97. The third kappa shape index (κ3) is 5.59. The number of hydrogen-bond acceptors (Lipinski definition) is 7. The molecule has 2 saturated heterocycles. The third-order valence-corrected chi connectivity index (χ3v) is 10.5. The number of aromatic nitrogens is 1. The van der Waals surface area contributed by atoms with Gasteiger partial charge in [-0.05, 0) is 91.5 Å². The number of pyridine rings is 1. The van der Waals surface area contributed by atoms with Gasteiger partial charge in [0.2, 0.25) is 0 Å². The van der Waals surface area contributed by atoms with E-state index in [1.807, 2.05) is 43.3 Å². The molecule has 3 aliphatic heterocycles. The minimum atomic E-state index is -0.766. The summed E-state index contributed by atoms with van der Waals surface area (Å²) in [4.78, 5) is 21.9. The number of carboxylic acids is 1. The van der Waals surface area contributed by atoms with Crippen molar-refractivity contribution in [1.29, 1.82) is 0 Å². The summed E-state index contributed by atoms with van der Waals surface area (Å²) in [5.41, 5.74) is 4.52. The zero-order valence-electron chi connectivity index (χ0n) is 26.1. The fraction of sp³-hybridized carbons (Fsp3) is 0.500. The molecular weight excluding hydrogens is 573 g/mol. The van der Waals surface area contributed by atoms with Crippen LogP contribution in [0.3, 0.4) is 0 Å². The lowest BCUT2D eigenvalue weighted by molar-refractivity contribution is -0.144. The van der Waals surface area contributed by atoms with Crippen molar-refractivity contribution in [2.24, 2.45) is 11.3 Å². The summed E-state index contributed by atoms with van der Waals surface area (Å²) in [6.07, 6.45) is 4.32. The van der Waals surface area contributed by atoms with Gasteiger partial charge in [-0.25, -0.2) is 9.37 Å². The van der Waals surface area contributed by atoms with Gasteiger partial charge in [-0.2, -0.15) is 0 Å². The number of hydrogen-bond donors (Lipinski definition) is 1. The standard InChI is InChI=1S/C36H42FN3O5/c1-23-5-3-6-29(31-7-4-8-33(38-31)40-20-26-19-36(26,35(41)42)32(40)22-43-2)34(23)45-21-24-17-25-9-13-39(27-11-15-44-16-12-27)14-10-28(25)30(37)18-24/h3-8,17-18,26-27,32H,9-16,19-22H2,1-2H3,(H,41,42)/t26-,32+,36+/m0/s1. The minimum Gasteiger partial charge on any atom is -0.488 e. The molecule has 45 heavy (non-hydrogen) atoms. The number of aliphatic carboxylic acids is 1. The number of anilines is 1. The molecule has 1 aliphatic carbocycles. The molecule has 3 fully saturated rings. The minimum absolute atomic E-state index is 0.102. The molecule has 7 rings (SSSR count). The molecule has 1 N–H and O–H groups in total. The average molecular weight is 616 g/mol. The number of aryl methyl sites for hydroxylation is 1. The van der Waals surface area contributed by atoms with Crippen molar-refractivity contribution >= 4 is 11.8 Å². The third-order valence-electron chi connectivity index (χ3n) is 10.5. The van der Waals surface area contributed by atoms with E-state index in [9.17, 15) is 9.90 Å². The zero-order chi connectivity index (χ0) is 31.1. The molecule has 3 atom stereocenters. The summed E-state index contributed by atoms with van der Waals surface area (Å²) in [7, 11) is 1.61. The van der Waals surface area contributed by atoms with Crippen LogP contribution in [0.25, 0.3) is 11.3 Å². The van der Waals surface area contributed by atoms with E-state index in [0.29, 0.717) is 31.4 Å². The maximum atomic E-state index is 15.5. The molecule has 0 unspecified atom stereocenters. The Kier molecular flexibility index (Phi) is 8.27. The Morgan fingerprint density at radius 2 is 1.93 bits per heavy atom. The molecule has 0 radical (unpaired) electrons. The summed E-state index contributed by atoms with van der Waals surface area (Å²) in [5, 5.41) is 10.0. The van der Waals surface area contributed by atoms with Crippen molar-refractivity contribution in [3.8, 4) is 17.0 Å². The lowest BCUT2D eigenvalue weighted by Gasteiger charge is -2.33. The number of halogens is 1. The number of piperidine rings is 1. The van der Waals surface area contributed by atoms with Gasteiger partial charge < -0.3 is 24.2 Å². The van der Waals surface area contributed by atoms with Gasteiger partial charge in [0.1, 0.15) is 24.0 Å². The van der Waals surface area contributed by atoms with Gasteiger partial charge in [-0.15, -0.1) is 0 Å². The normalized spacial score (nSPS) is 25.0. The van der Waals surface area contributed by atoms with Crippen molar-refractivity contribution in [1.82, 2.24) is 9.88 Å². The molecule has 1 aromatic heterocycles. The SMILES string of the molecule is COC[C@H]1N(c2cccc(-c3cccc(C)c3OCc3cc(F)c4c(c3)CCN(C3CCOCC3)CC4)n2)C[C@@H]2C[C@@]21C(=O)O. The summed E-state index contributed by atoms with van der Waals surface area (Å²) in [6, 6.07) is 15.8. The predicted molar refractivity (Wildman–Crippen MR) is 169 cm³/mol. The second-order valence-electron chi connectivity index (χ2n) is 13.1. The maximum absolute atomic E-state index is 15.5. The maximum Gasteiger partial charge on any atom is 0.312 e. The van der Waals surface area contributed by atoms with E-state index in [2.05, 4.69) is 15.9 Å². The van der Waals surface area contributed by atoms with Gasteiger partial charge in [-0.3, -0.25) is 9.69 Å². The van der Waals surface area contributed by atoms with Crippen LogP contribution >= 0.6 is 0 Å². The van der Waals surface area contributed by atoms with Gasteiger partial charge in [0.25, 0.3) is 0 Å². The molecule has 4 aliphatic rings. The molecule has 0 amide bonds. The quantitative estimate of drug-likeness (QED) is 0.348. The van der Waals surface area contributed by atoms with Crippen LogP contribution < -0.4 is 9.64 Å². The van der Waals surface area contributed by atoms with Crippen molar-refractivity contribution in [2.45, 2.75) is 57.7 Å². The Labute approximate surface area is 264 Å². The molecule has 2 aromatic carbocycles. The van der Waals surface area contributed by atoms with Crippen LogP contribution in [0.4, 0.5) is 10.2 Å². The van der Waals surface area contributed by atoms with Gasteiger partial charge in [0.05, 0.1) is 23.8 Å². The van der Waals surface area contributed by atoms with Crippen LogP contribution in [0.5, 0.6) is 5.75 Å². The Morgan fingerprint density at radius 1 is 1.13 bits per heavy atom. The van der Waals surface area contributed by atoms with Crippen LogP contribution in [0.15, 0.2) is 48.5 Å². The number of fused-ring (bicyclic) bond motifs is 2. The molecule has 0 spiro atoms. The Hall–Kier alpha value is -3.53. The Morgan fingerprint density at radius 3 is 2.73 bits per heavy atom. The number of carbonyl (C=O) groups is 1. The van der Waals surface area contributed by atoms with Crippen molar-refractivity contribution in [2.75, 3.05) is 51.5 Å². The van der Waals surface area contributed by atoms with Crippen LogP contribution in [0.2, 0.25) is 0 Å². The van der Waals surface area contributed by atoms with Gasteiger partial charge in [0, 0.05) is 51.6 Å². The molecular formula is C36H42FN3O5. The second kappa shape index (κ2) is 12.3. The van der Waals surface area contributed by atoms with E-state index in [4.69, 9.17) is 19.2 Å². The number of methoxy groups -OCH3 is 1. The molecule has 3 aromatic rings. The number of benzene rings is 2. The van der Waals surface area contributed by atoms with E-state index >= 15 is 4.39 Å². The highest BCUT2D eigenvalue weighted by Gasteiger charge is 2.71. The van der Waals surface area contributed by atoms with Gasteiger partial charge >= 0.3 is 5.97 Å². The number of rotatable bonds is 9. The topological polar surface area (TPSA) is 84.4 Å². The lowest BCUT2D eigenvalue weighted by Crippen LogP contribution is -2.43. The fourth-order valence-electron chi connectivity index (χ4n) is 8.00. The first-order valence-electron chi connectivity index (χ1n) is 16.2. The number of carboxylic acid groups (broad SMARTS) is 1. The first kappa shape index (κ1) is 30.1. The molecule has 0 bridgehead atoms. The Bertz CT molecular complexity index is 1580. The second-order valence-corrected chi connectivity index (χ2v) is 13.1. The number of para-hydroxylation sites is 1. The number of ether oxygens (including phenoxy) is 3. The molecule has 238 valence electrons. The highest BCUT2D eigenvalue weighted by atomic mass is 19.1. The van der Waals surface area contributed by atoms with E-state index < -0.39 is 11.4 Å². The highest BCUT2D eigenvalue weighted by Crippen LogP contribution is 2.62. The molecule has 9 heteroatoms. The van der Waals surface area contributed by atoms with E-state index in [-0.39, 0.29) is 24.4 Å². The monoisotopic (exact) mass is 615 g/mol. The van der Waals surface area contributed by atoms with Crippen LogP contribution in [-0.4, -0.2) is 79.6 Å². The van der Waals surface area contributed by atoms with E-state index in [1.54, 1.807) is 13.2 Å². The Balaban J connectivity index is 1.10. The van der Waals surface area contributed by atoms with E-state index in [0.717, 1.165) is 91.3 Å². The zero-order valence-corrected chi connectivity index (χ0v) is 26.1. The summed E-state index contributed by atoms with van der Waals surface area (Å²) in [5.74, 6) is 0.645. The van der Waals surface area contributed by atoms with Crippen LogP contribution in [0, 0.1) is 24.1 Å². The first-order chi connectivity index (χ1) is 21.9. The van der Waals surface area contributed by atoms with Crippen LogP contribution in [-0.2, 0) is 33.7 Å². The first-order valence-corrected chi connectivity index (χ1v) is 16.2. The molecule has 1 saturated carbocycles. The summed E-state index contributed by atoms with van der Waals surface area (Å²) < 4.78 is 32.9. The van der Waals surface area contributed by atoms with Crippen molar-refractivity contribution in [3.63, 3.8) is 0 Å². The smallest absolute Gasteiger partial charge is 0.312 e. The average Bonchev–Trinajstić information content (AvgIpc) is 3.75. The highest BCUT2D eigenvalue weighted by molar-refractivity contribution is 5.82. The van der Waals surface area contributed by atoms with Gasteiger partial charge in [0.15, 0.2) is 0 Å².